The number of halogens is 1. The first kappa shape index (κ1) is 10.1. The van der Waals surface area contributed by atoms with Gasteiger partial charge in [-0.15, -0.1) is 11.8 Å². The Hall–Kier alpha value is -0.380. The molecule has 14 heavy (non-hydrogen) atoms. The van der Waals surface area contributed by atoms with Crippen LogP contribution in [-0.4, -0.2) is 12.0 Å². The highest BCUT2D eigenvalue weighted by Gasteiger charge is 2.39. The van der Waals surface area contributed by atoms with Crippen LogP contribution in [-0.2, 0) is 0 Å². The zero-order valence-electron chi connectivity index (χ0n) is 7.92. The predicted molar refractivity (Wildman–Crippen MR) is 60.0 cm³/mol. The van der Waals surface area contributed by atoms with Crippen molar-refractivity contribution >= 4 is 23.4 Å². The molecule has 0 radical (unpaired) electrons. The maximum absolute atomic E-state index is 6.00. The molecular weight excluding hydrogens is 218 g/mol. The van der Waals surface area contributed by atoms with E-state index in [4.69, 9.17) is 22.1 Å². The van der Waals surface area contributed by atoms with Crippen molar-refractivity contribution in [3.63, 3.8) is 0 Å². The normalized spacial score (nSPS) is 17.9. The van der Waals surface area contributed by atoms with Crippen molar-refractivity contribution in [1.29, 1.82) is 0 Å². The third kappa shape index (κ3) is 2.16. The van der Waals surface area contributed by atoms with E-state index in [1.54, 1.807) is 18.9 Å². The summed E-state index contributed by atoms with van der Waals surface area (Å²) < 4.78 is 5.07. The van der Waals surface area contributed by atoms with E-state index in [-0.39, 0.29) is 4.87 Å². The Morgan fingerprint density at radius 3 is 2.71 bits per heavy atom. The van der Waals surface area contributed by atoms with Crippen molar-refractivity contribution in [1.82, 2.24) is 0 Å². The molecule has 0 aromatic heterocycles. The van der Waals surface area contributed by atoms with Crippen LogP contribution in [0.5, 0.6) is 5.75 Å². The van der Waals surface area contributed by atoms with E-state index < -0.39 is 0 Å². The summed E-state index contributed by atoms with van der Waals surface area (Å²) in [7, 11) is 1.61. The van der Waals surface area contributed by atoms with Gasteiger partial charge in [-0.1, -0.05) is 11.6 Å². The number of hydrogen-bond donors (Lipinski definition) is 1. The Bertz CT molecular complexity index is 352. The zero-order chi connectivity index (χ0) is 10.2. The van der Waals surface area contributed by atoms with Crippen LogP contribution in [0.2, 0.25) is 5.02 Å². The molecule has 0 bridgehead atoms. The Morgan fingerprint density at radius 2 is 2.21 bits per heavy atom. The summed E-state index contributed by atoms with van der Waals surface area (Å²) in [6, 6.07) is 5.76. The summed E-state index contributed by atoms with van der Waals surface area (Å²) in [5.41, 5.74) is 5.99. The predicted octanol–water partition coefficient (Wildman–Crippen LogP) is 2.89. The van der Waals surface area contributed by atoms with Gasteiger partial charge in [-0.3, -0.25) is 0 Å². The molecule has 76 valence electrons. The summed E-state index contributed by atoms with van der Waals surface area (Å²) in [5, 5.41) is 0.641. The quantitative estimate of drug-likeness (QED) is 0.810. The minimum atomic E-state index is -0.0437. The third-order valence-corrected chi connectivity index (χ3v) is 3.79. The number of thioether (sulfide) groups is 1. The molecule has 0 atom stereocenters. The average molecular weight is 230 g/mol. The maximum Gasteiger partial charge on any atom is 0.137 e. The van der Waals surface area contributed by atoms with Crippen LogP contribution in [0.1, 0.15) is 12.8 Å². The monoisotopic (exact) mass is 229 g/mol. The third-order valence-electron chi connectivity index (χ3n) is 2.19. The maximum atomic E-state index is 6.00. The van der Waals surface area contributed by atoms with Gasteiger partial charge in [-0.05, 0) is 31.0 Å². The Kier molecular flexibility index (Phi) is 2.64. The molecule has 2 rings (SSSR count). The lowest BCUT2D eigenvalue weighted by Crippen LogP contribution is -2.15. The number of methoxy groups -OCH3 is 1. The van der Waals surface area contributed by atoms with Gasteiger partial charge >= 0.3 is 0 Å². The fourth-order valence-corrected chi connectivity index (χ4v) is 2.58. The molecule has 0 unspecified atom stereocenters. The minimum absolute atomic E-state index is 0.0437. The first-order chi connectivity index (χ1) is 6.63. The van der Waals surface area contributed by atoms with Crippen LogP contribution in [0.15, 0.2) is 23.1 Å². The van der Waals surface area contributed by atoms with E-state index >= 15 is 0 Å². The van der Waals surface area contributed by atoms with Crippen molar-refractivity contribution in [3.8, 4) is 5.75 Å². The molecule has 1 aromatic carbocycles. The molecule has 4 heteroatoms. The highest BCUT2D eigenvalue weighted by Crippen LogP contribution is 2.47. The van der Waals surface area contributed by atoms with Gasteiger partial charge in [-0.25, -0.2) is 0 Å². The number of benzene rings is 1. The minimum Gasteiger partial charge on any atom is -0.495 e. The first-order valence-corrected chi connectivity index (χ1v) is 5.64. The molecule has 1 fully saturated rings. The SMILES string of the molecule is COc1ccc(SC2(N)CC2)cc1Cl. The topological polar surface area (TPSA) is 35.2 Å². The van der Waals surface area contributed by atoms with E-state index in [1.807, 2.05) is 18.2 Å². The lowest BCUT2D eigenvalue weighted by atomic mass is 10.3. The van der Waals surface area contributed by atoms with Crippen molar-refractivity contribution in [2.45, 2.75) is 22.6 Å². The second-order valence-corrected chi connectivity index (χ2v) is 5.36. The molecule has 0 spiro atoms. The molecule has 0 aliphatic heterocycles. The van der Waals surface area contributed by atoms with Gasteiger partial charge in [0, 0.05) is 4.90 Å². The van der Waals surface area contributed by atoms with Crippen LogP contribution >= 0.6 is 23.4 Å². The van der Waals surface area contributed by atoms with Gasteiger partial charge in [0.25, 0.3) is 0 Å². The largest absolute Gasteiger partial charge is 0.495 e. The number of nitrogens with two attached hydrogens (primary N) is 1. The molecule has 0 heterocycles. The standard InChI is InChI=1S/C10H12ClNOS/c1-13-9-3-2-7(6-8(9)11)14-10(12)4-5-10/h2-3,6H,4-5,12H2,1H3. The molecule has 2 N–H and O–H groups in total. The molecule has 1 aliphatic carbocycles. The molecule has 2 nitrogen and oxygen atoms in total. The first-order valence-electron chi connectivity index (χ1n) is 4.44. The van der Waals surface area contributed by atoms with E-state index in [2.05, 4.69) is 0 Å². The van der Waals surface area contributed by atoms with Gasteiger partial charge in [-0.2, -0.15) is 0 Å². The van der Waals surface area contributed by atoms with Gasteiger partial charge in [0.15, 0.2) is 0 Å². The van der Waals surface area contributed by atoms with Crippen molar-refractivity contribution in [3.05, 3.63) is 23.2 Å². The summed E-state index contributed by atoms with van der Waals surface area (Å²) in [6.45, 7) is 0. The van der Waals surface area contributed by atoms with Crippen LogP contribution in [0.4, 0.5) is 0 Å². The zero-order valence-corrected chi connectivity index (χ0v) is 9.49. The molecular formula is C10H12ClNOS. The Balaban J connectivity index is 2.15. The summed E-state index contributed by atoms with van der Waals surface area (Å²) in [6.07, 6.45) is 2.17. The van der Waals surface area contributed by atoms with E-state index in [0.717, 1.165) is 17.7 Å². The van der Waals surface area contributed by atoms with Crippen molar-refractivity contribution in [2.75, 3.05) is 7.11 Å². The van der Waals surface area contributed by atoms with E-state index in [1.165, 1.54) is 0 Å². The highest BCUT2D eigenvalue weighted by molar-refractivity contribution is 8.01. The number of hydrogen-bond acceptors (Lipinski definition) is 3. The summed E-state index contributed by atoms with van der Waals surface area (Å²) in [4.78, 5) is 1.06. The van der Waals surface area contributed by atoms with E-state index in [9.17, 15) is 0 Å². The molecule has 1 saturated carbocycles. The number of ether oxygens (including phenoxy) is 1. The van der Waals surface area contributed by atoms with E-state index in [0.29, 0.717) is 10.8 Å². The van der Waals surface area contributed by atoms with Crippen LogP contribution in [0.25, 0.3) is 0 Å². The van der Waals surface area contributed by atoms with Crippen molar-refractivity contribution in [2.24, 2.45) is 5.73 Å². The molecule has 1 aliphatic rings. The van der Waals surface area contributed by atoms with Gasteiger partial charge < -0.3 is 10.5 Å². The molecule has 0 saturated heterocycles. The van der Waals surface area contributed by atoms with Crippen molar-refractivity contribution < 1.29 is 4.74 Å². The average Bonchev–Trinajstić information content (AvgIpc) is 2.84. The summed E-state index contributed by atoms with van der Waals surface area (Å²) in [5.74, 6) is 0.706. The Labute approximate surface area is 92.8 Å². The fraction of sp³-hybridized carbons (Fsp3) is 0.400. The highest BCUT2D eigenvalue weighted by atomic mass is 35.5. The smallest absolute Gasteiger partial charge is 0.137 e. The van der Waals surface area contributed by atoms with Gasteiger partial charge in [0.05, 0.1) is 17.0 Å². The molecule has 0 amide bonds. The van der Waals surface area contributed by atoms with Gasteiger partial charge in [0.1, 0.15) is 5.75 Å². The molecule has 1 aromatic rings. The Morgan fingerprint density at radius 1 is 1.50 bits per heavy atom. The lowest BCUT2D eigenvalue weighted by molar-refractivity contribution is 0.414. The fourth-order valence-electron chi connectivity index (χ4n) is 1.17. The lowest BCUT2D eigenvalue weighted by Gasteiger charge is -2.09. The summed E-state index contributed by atoms with van der Waals surface area (Å²) >= 11 is 7.68. The van der Waals surface area contributed by atoms with Crippen LogP contribution in [0, 0.1) is 0 Å². The van der Waals surface area contributed by atoms with Crippen LogP contribution in [0.3, 0.4) is 0 Å². The second-order valence-electron chi connectivity index (χ2n) is 3.46. The second kappa shape index (κ2) is 3.65. The number of rotatable bonds is 3. The van der Waals surface area contributed by atoms with Gasteiger partial charge in [0.2, 0.25) is 0 Å². The van der Waals surface area contributed by atoms with Crippen LogP contribution < -0.4 is 10.5 Å².